The number of carbonyl (C=O) groups excluding carboxylic acids is 1. The lowest BCUT2D eigenvalue weighted by molar-refractivity contribution is -0.139. The Morgan fingerprint density at radius 2 is 2.08 bits per heavy atom. The first-order chi connectivity index (χ1) is 17.7. The number of alkyl halides is 3. The molecule has 0 spiro atoms. The van der Waals surface area contributed by atoms with E-state index in [1.54, 1.807) is 41.9 Å². The lowest BCUT2D eigenvalue weighted by Crippen LogP contribution is -2.48. The zero-order chi connectivity index (χ0) is 25.9. The van der Waals surface area contributed by atoms with Gasteiger partial charge in [-0.2, -0.15) is 13.2 Å². The van der Waals surface area contributed by atoms with E-state index in [9.17, 15) is 18.0 Å². The molecule has 0 radical (unpaired) electrons. The smallest absolute Gasteiger partial charge is 0.406 e. The number of pyridine rings is 1. The van der Waals surface area contributed by atoms with E-state index in [1.165, 1.54) is 13.3 Å². The summed E-state index contributed by atoms with van der Waals surface area (Å²) in [5.74, 6) is 1.27. The van der Waals surface area contributed by atoms with E-state index < -0.39 is 12.7 Å². The number of piperidine rings is 1. The monoisotopic (exact) mass is 512 g/mol. The first-order valence-electron chi connectivity index (χ1n) is 12.3. The number of amides is 1. The summed E-state index contributed by atoms with van der Waals surface area (Å²) in [5, 5.41) is 4.07. The van der Waals surface area contributed by atoms with Crippen molar-refractivity contribution in [1.29, 1.82) is 0 Å². The second-order valence-corrected chi connectivity index (χ2v) is 9.84. The average molecular weight is 513 g/mol. The number of fused-ring (bicyclic) bond motifs is 3. The van der Waals surface area contributed by atoms with Gasteiger partial charge in [-0.05, 0) is 55.6 Å². The van der Waals surface area contributed by atoms with E-state index in [4.69, 9.17) is 9.72 Å². The fourth-order valence-corrected chi connectivity index (χ4v) is 5.83. The van der Waals surface area contributed by atoms with Gasteiger partial charge in [0.05, 0.1) is 18.3 Å². The van der Waals surface area contributed by atoms with Gasteiger partial charge >= 0.3 is 6.18 Å². The van der Waals surface area contributed by atoms with Crippen LogP contribution in [0.15, 0.2) is 36.5 Å². The van der Waals surface area contributed by atoms with Crippen molar-refractivity contribution in [3.8, 4) is 17.3 Å². The van der Waals surface area contributed by atoms with Gasteiger partial charge in [0.2, 0.25) is 0 Å². The van der Waals surface area contributed by atoms with Crippen molar-refractivity contribution in [1.82, 2.24) is 29.3 Å². The number of aryl methyl sites for hydroxylation is 1. The molecule has 2 unspecified atom stereocenters. The molecule has 2 atom stereocenters. The van der Waals surface area contributed by atoms with Crippen LogP contribution >= 0.6 is 0 Å². The average Bonchev–Trinajstić information content (AvgIpc) is 3.57. The number of hydrogen-bond acceptors (Lipinski definition) is 5. The van der Waals surface area contributed by atoms with Crippen LogP contribution in [0.4, 0.5) is 13.2 Å². The van der Waals surface area contributed by atoms with E-state index in [-0.39, 0.29) is 17.2 Å². The molecule has 0 aliphatic carbocycles. The number of methoxy groups -OCH3 is 1. The van der Waals surface area contributed by atoms with Crippen LogP contribution < -0.4 is 10.1 Å². The summed E-state index contributed by atoms with van der Waals surface area (Å²) in [6.45, 7) is 1.13. The SMILES string of the molecule is COc1cc(C(=O)N2CCC3CCNC3C2)cc2nc(-c3cc4cccnc4n3CC(F)(F)F)n(C)c12. The lowest BCUT2D eigenvalue weighted by atomic mass is 9.92. The Labute approximate surface area is 211 Å². The molecule has 0 saturated carbocycles. The van der Waals surface area contributed by atoms with Crippen molar-refractivity contribution in [3.05, 3.63) is 42.1 Å². The highest BCUT2D eigenvalue weighted by Gasteiger charge is 2.35. The Hall–Kier alpha value is -3.60. The highest BCUT2D eigenvalue weighted by Crippen LogP contribution is 2.36. The molecule has 1 N–H and O–H groups in total. The Bertz CT molecular complexity index is 1510. The Morgan fingerprint density at radius 1 is 1.24 bits per heavy atom. The van der Waals surface area contributed by atoms with Crippen molar-refractivity contribution in [3.63, 3.8) is 0 Å². The fraction of sp³-hybridized carbons (Fsp3) is 0.423. The van der Waals surface area contributed by atoms with Crippen LogP contribution in [-0.2, 0) is 13.6 Å². The molecular formula is C26H27F3N6O2. The van der Waals surface area contributed by atoms with E-state index >= 15 is 0 Å². The van der Waals surface area contributed by atoms with Crippen LogP contribution in [0.25, 0.3) is 33.6 Å². The first-order valence-corrected chi connectivity index (χ1v) is 12.3. The quantitative estimate of drug-likeness (QED) is 0.448. The third-order valence-corrected chi connectivity index (χ3v) is 7.59. The van der Waals surface area contributed by atoms with Gasteiger partial charge in [-0.25, -0.2) is 9.97 Å². The van der Waals surface area contributed by atoms with Crippen LogP contribution in [0.1, 0.15) is 23.2 Å². The summed E-state index contributed by atoms with van der Waals surface area (Å²) in [6.07, 6.45) is -0.863. The van der Waals surface area contributed by atoms with Crippen LogP contribution in [0.3, 0.4) is 0 Å². The maximum atomic E-state index is 13.5. The topological polar surface area (TPSA) is 77.2 Å². The molecule has 194 valence electrons. The predicted octanol–water partition coefficient (Wildman–Crippen LogP) is 3.98. The molecule has 1 aromatic carbocycles. The van der Waals surface area contributed by atoms with Gasteiger partial charge in [0.1, 0.15) is 23.5 Å². The number of imidazole rings is 1. The van der Waals surface area contributed by atoms with Crippen LogP contribution in [-0.4, -0.2) is 68.9 Å². The molecule has 3 aromatic heterocycles. The molecule has 11 heteroatoms. The van der Waals surface area contributed by atoms with Gasteiger partial charge in [-0.3, -0.25) is 4.79 Å². The molecule has 6 rings (SSSR count). The minimum Gasteiger partial charge on any atom is -0.494 e. The standard InChI is InChI=1S/C26H27F3N6O2/c1-33-22-18(32-24(33)20-11-16-4-3-7-31-23(16)35(20)14-26(27,28)29)10-17(12-21(22)37-2)25(36)34-9-6-15-5-8-30-19(15)13-34/h3-4,7,10-12,15,19,30H,5-6,8-9,13-14H2,1-2H3. The molecule has 2 aliphatic heterocycles. The Kier molecular flexibility index (Phi) is 5.63. The largest absolute Gasteiger partial charge is 0.494 e. The van der Waals surface area contributed by atoms with Crippen LogP contribution in [0.2, 0.25) is 0 Å². The number of halogens is 3. The second-order valence-electron chi connectivity index (χ2n) is 9.84. The van der Waals surface area contributed by atoms with Crippen LogP contribution in [0.5, 0.6) is 5.75 Å². The van der Waals surface area contributed by atoms with Crippen molar-refractivity contribution in [2.75, 3.05) is 26.7 Å². The molecule has 8 nitrogen and oxygen atoms in total. The molecule has 2 fully saturated rings. The normalized spacial score (nSPS) is 20.1. The third-order valence-electron chi connectivity index (χ3n) is 7.59. The number of nitrogens with zero attached hydrogens (tertiary/aromatic N) is 5. The van der Waals surface area contributed by atoms with Crippen molar-refractivity contribution in [2.45, 2.75) is 31.6 Å². The summed E-state index contributed by atoms with van der Waals surface area (Å²) >= 11 is 0. The number of likely N-dealkylation sites (tertiary alicyclic amines) is 1. The molecule has 1 amide bonds. The van der Waals surface area contributed by atoms with Gasteiger partial charge in [0.15, 0.2) is 5.82 Å². The third kappa shape index (κ3) is 4.11. The molecule has 2 aliphatic rings. The van der Waals surface area contributed by atoms with Gasteiger partial charge in [0, 0.05) is 43.3 Å². The number of rotatable bonds is 4. The van der Waals surface area contributed by atoms with Gasteiger partial charge in [-0.15, -0.1) is 0 Å². The predicted molar refractivity (Wildman–Crippen MR) is 132 cm³/mol. The van der Waals surface area contributed by atoms with E-state index in [1.807, 2.05) is 4.90 Å². The van der Waals surface area contributed by atoms with Gasteiger partial charge in [-0.1, -0.05) is 0 Å². The molecule has 2 saturated heterocycles. The summed E-state index contributed by atoms with van der Waals surface area (Å²) in [4.78, 5) is 24.2. The molecule has 4 aromatic rings. The molecule has 5 heterocycles. The van der Waals surface area contributed by atoms with E-state index in [0.29, 0.717) is 58.6 Å². The summed E-state index contributed by atoms with van der Waals surface area (Å²) in [6, 6.07) is 8.77. The number of hydrogen-bond donors (Lipinski definition) is 1. The zero-order valence-electron chi connectivity index (χ0n) is 20.5. The summed E-state index contributed by atoms with van der Waals surface area (Å²) < 4.78 is 49.0. The molecule has 0 bridgehead atoms. The number of nitrogens with one attached hydrogen (secondary N) is 1. The lowest BCUT2D eigenvalue weighted by Gasteiger charge is -2.35. The molecular weight excluding hydrogens is 485 g/mol. The van der Waals surface area contributed by atoms with Gasteiger partial charge < -0.3 is 24.1 Å². The van der Waals surface area contributed by atoms with Crippen LogP contribution in [0, 0.1) is 5.92 Å². The van der Waals surface area contributed by atoms with Crippen molar-refractivity contribution < 1.29 is 22.7 Å². The minimum absolute atomic E-state index is 0.102. The first kappa shape index (κ1) is 23.8. The highest BCUT2D eigenvalue weighted by molar-refractivity contribution is 6.00. The zero-order valence-corrected chi connectivity index (χ0v) is 20.5. The summed E-state index contributed by atoms with van der Waals surface area (Å²) in [5.41, 5.74) is 2.04. The summed E-state index contributed by atoms with van der Waals surface area (Å²) in [7, 11) is 3.24. The molecule has 37 heavy (non-hydrogen) atoms. The van der Waals surface area contributed by atoms with E-state index in [2.05, 4.69) is 10.3 Å². The number of carbonyl (C=O) groups is 1. The number of ether oxygens (including phenoxy) is 1. The van der Waals surface area contributed by atoms with E-state index in [0.717, 1.165) is 24.0 Å². The maximum Gasteiger partial charge on any atom is 0.406 e. The highest BCUT2D eigenvalue weighted by atomic mass is 19.4. The maximum absolute atomic E-state index is 13.5. The van der Waals surface area contributed by atoms with Crippen molar-refractivity contribution >= 4 is 28.0 Å². The number of aromatic nitrogens is 4. The minimum atomic E-state index is -4.44. The number of benzene rings is 1. The van der Waals surface area contributed by atoms with Gasteiger partial charge in [0.25, 0.3) is 5.91 Å². The second kappa shape index (κ2) is 8.76. The Morgan fingerprint density at radius 3 is 2.86 bits per heavy atom. The van der Waals surface area contributed by atoms with Crippen molar-refractivity contribution in [2.24, 2.45) is 13.0 Å². The Balaban J connectivity index is 1.44. The fourth-order valence-electron chi connectivity index (χ4n) is 5.83.